The van der Waals surface area contributed by atoms with Gasteiger partial charge in [0.05, 0.1) is 12.4 Å². The van der Waals surface area contributed by atoms with E-state index in [-0.39, 0.29) is 5.69 Å². The second-order valence-electron chi connectivity index (χ2n) is 6.60. The van der Waals surface area contributed by atoms with Gasteiger partial charge in [-0.1, -0.05) is 0 Å². The van der Waals surface area contributed by atoms with Crippen molar-refractivity contribution in [1.29, 1.82) is 0 Å². The lowest BCUT2D eigenvalue weighted by molar-refractivity contribution is 0.0690. The first-order valence-electron chi connectivity index (χ1n) is 8.33. The van der Waals surface area contributed by atoms with Gasteiger partial charge in [0.15, 0.2) is 5.69 Å². The Balaban J connectivity index is 1.47. The SMILES string of the molecule is CN1CCC(CN2CCN(c3cnc(C(=O)O)cn3)CC2)CC1. The molecule has 3 heterocycles. The Morgan fingerprint density at radius 3 is 2.39 bits per heavy atom. The van der Waals surface area contributed by atoms with Gasteiger partial charge in [0.1, 0.15) is 5.82 Å². The Hall–Kier alpha value is -1.73. The Bertz CT molecular complexity index is 520. The van der Waals surface area contributed by atoms with E-state index in [1.807, 2.05) is 0 Å². The van der Waals surface area contributed by atoms with Crippen LogP contribution in [-0.4, -0.2) is 83.7 Å². The molecule has 0 aromatic carbocycles. The number of anilines is 1. The van der Waals surface area contributed by atoms with Crippen LogP contribution in [-0.2, 0) is 0 Å². The summed E-state index contributed by atoms with van der Waals surface area (Å²) in [7, 11) is 2.20. The van der Waals surface area contributed by atoms with Crippen molar-refractivity contribution < 1.29 is 9.90 Å². The van der Waals surface area contributed by atoms with Gasteiger partial charge >= 0.3 is 5.97 Å². The number of nitrogens with zero attached hydrogens (tertiary/aromatic N) is 5. The van der Waals surface area contributed by atoms with Gasteiger partial charge in [-0.2, -0.15) is 0 Å². The van der Waals surface area contributed by atoms with Gasteiger partial charge in [-0.25, -0.2) is 14.8 Å². The largest absolute Gasteiger partial charge is 0.476 e. The molecule has 0 amide bonds. The summed E-state index contributed by atoms with van der Waals surface area (Å²) >= 11 is 0. The van der Waals surface area contributed by atoms with Crippen LogP contribution < -0.4 is 4.90 Å². The number of hydrogen-bond acceptors (Lipinski definition) is 6. The van der Waals surface area contributed by atoms with Gasteiger partial charge in [-0.3, -0.25) is 4.90 Å². The summed E-state index contributed by atoms with van der Waals surface area (Å²) in [5.41, 5.74) is -0.00495. The monoisotopic (exact) mass is 319 g/mol. The zero-order valence-electron chi connectivity index (χ0n) is 13.7. The number of carboxylic acid groups (broad SMARTS) is 1. The quantitative estimate of drug-likeness (QED) is 0.873. The van der Waals surface area contributed by atoms with E-state index in [0.29, 0.717) is 0 Å². The van der Waals surface area contributed by atoms with E-state index in [0.717, 1.165) is 37.9 Å². The zero-order valence-corrected chi connectivity index (χ0v) is 13.7. The Labute approximate surface area is 136 Å². The third kappa shape index (κ3) is 4.17. The molecule has 2 fully saturated rings. The number of aromatic carboxylic acids is 1. The van der Waals surface area contributed by atoms with Crippen LogP contribution >= 0.6 is 0 Å². The predicted octanol–water partition coefficient (Wildman–Crippen LogP) is 0.639. The molecule has 7 nitrogen and oxygen atoms in total. The second-order valence-corrected chi connectivity index (χ2v) is 6.60. The van der Waals surface area contributed by atoms with Gasteiger partial charge < -0.3 is 14.9 Å². The number of hydrogen-bond donors (Lipinski definition) is 1. The summed E-state index contributed by atoms with van der Waals surface area (Å²) in [6, 6.07) is 0. The lowest BCUT2D eigenvalue weighted by Gasteiger charge is -2.38. The van der Waals surface area contributed by atoms with E-state index >= 15 is 0 Å². The van der Waals surface area contributed by atoms with E-state index in [2.05, 4.69) is 31.7 Å². The fourth-order valence-corrected chi connectivity index (χ4v) is 3.36. The normalized spacial score (nSPS) is 21.5. The number of piperidine rings is 1. The molecule has 1 aromatic heterocycles. The van der Waals surface area contributed by atoms with Crippen molar-refractivity contribution in [2.24, 2.45) is 5.92 Å². The molecule has 0 saturated carbocycles. The Morgan fingerprint density at radius 1 is 1.13 bits per heavy atom. The average Bonchev–Trinajstić information content (AvgIpc) is 2.58. The standard InChI is InChI=1S/C16H25N5O2/c1-19-4-2-13(3-5-19)12-20-6-8-21(9-7-20)15-11-17-14(10-18-15)16(22)23/h10-11,13H,2-9,12H2,1H3,(H,22,23). The topological polar surface area (TPSA) is 72.8 Å². The van der Waals surface area contributed by atoms with Crippen molar-refractivity contribution in [3.8, 4) is 0 Å². The van der Waals surface area contributed by atoms with Crippen LogP contribution in [0.15, 0.2) is 12.4 Å². The Morgan fingerprint density at radius 2 is 1.83 bits per heavy atom. The number of rotatable bonds is 4. The Kier molecular flexibility index (Phi) is 5.07. The lowest BCUT2D eigenvalue weighted by atomic mass is 9.96. The molecule has 0 atom stereocenters. The second kappa shape index (κ2) is 7.23. The number of aromatic nitrogens is 2. The molecule has 0 aliphatic carbocycles. The van der Waals surface area contributed by atoms with Gasteiger partial charge in [-0.05, 0) is 38.9 Å². The molecule has 1 N–H and O–H groups in total. The van der Waals surface area contributed by atoms with Gasteiger partial charge in [0, 0.05) is 32.7 Å². The van der Waals surface area contributed by atoms with E-state index in [1.165, 1.54) is 38.7 Å². The van der Waals surface area contributed by atoms with Crippen molar-refractivity contribution in [3.05, 3.63) is 18.1 Å². The first-order chi connectivity index (χ1) is 11.1. The average molecular weight is 319 g/mol. The number of carboxylic acids is 1. The van der Waals surface area contributed by atoms with E-state index < -0.39 is 5.97 Å². The van der Waals surface area contributed by atoms with Gasteiger partial charge in [0.2, 0.25) is 0 Å². The van der Waals surface area contributed by atoms with E-state index in [9.17, 15) is 4.79 Å². The van der Waals surface area contributed by atoms with Crippen molar-refractivity contribution in [3.63, 3.8) is 0 Å². The summed E-state index contributed by atoms with van der Waals surface area (Å²) in [6.07, 6.45) is 5.51. The molecular weight excluding hydrogens is 294 g/mol. The van der Waals surface area contributed by atoms with Crippen LogP contribution in [0.3, 0.4) is 0 Å². The molecule has 126 valence electrons. The smallest absolute Gasteiger partial charge is 0.356 e. The van der Waals surface area contributed by atoms with Gasteiger partial charge in [-0.15, -0.1) is 0 Å². The summed E-state index contributed by atoms with van der Waals surface area (Å²) in [5, 5.41) is 8.87. The minimum absolute atomic E-state index is 0.00495. The van der Waals surface area contributed by atoms with Crippen LogP contribution in [0.25, 0.3) is 0 Å². The third-order valence-corrected chi connectivity index (χ3v) is 4.91. The zero-order chi connectivity index (χ0) is 16.2. The highest BCUT2D eigenvalue weighted by molar-refractivity contribution is 5.84. The highest BCUT2D eigenvalue weighted by Gasteiger charge is 2.23. The summed E-state index contributed by atoms with van der Waals surface area (Å²) in [6.45, 7) is 7.56. The first-order valence-corrected chi connectivity index (χ1v) is 8.33. The van der Waals surface area contributed by atoms with Crippen molar-refractivity contribution in [2.75, 3.05) is 57.8 Å². The molecule has 0 unspecified atom stereocenters. The molecule has 1 aromatic rings. The molecule has 7 heteroatoms. The van der Waals surface area contributed by atoms with Crippen LogP contribution in [0.2, 0.25) is 0 Å². The summed E-state index contributed by atoms with van der Waals surface area (Å²) < 4.78 is 0. The van der Waals surface area contributed by atoms with Crippen LogP contribution in [0.5, 0.6) is 0 Å². The molecular formula is C16H25N5O2. The predicted molar refractivity (Wildman–Crippen MR) is 87.9 cm³/mol. The van der Waals surface area contributed by atoms with Crippen molar-refractivity contribution >= 4 is 11.8 Å². The molecule has 2 aliphatic rings. The molecule has 0 spiro atoms. The van der Waals surface area contributed by atoms with Crippen LogP contribution in [0.1, 0.15) is 23.3 Å². The molecule has 0 radical (unpaired) electrons. The fraction of sp³-hybridized carbons (Fsp3) is 0.688. The summed E-state index contributed by atoms with van der Waals surface area (Å²) in [5.74, 6) is 0.563. The maximum absolute atomic E-state index is 10.8. The molecule has 2 aliphatic heterocycles. The van der Waals surface area contributed by atoms with E-state index in [4.69, 9.17) is 5.11 Å². The maximum Gasteiger partial charge on any atom is 0.356 e. The third-order valence-electron chi connectivity index (χ3n) is 4.91. The minimum atomic E-state index is -1.04. The molecule has 0 bridgehead atoms. The maximum atomic E-state index is 10.8. The number of carbonyl (C=O) groups is 1. The first kappa shape index (κ1) is 16.1. The molecule has 3 rings (SSSR count). The van der Waals surface area contributed by atoms with Crippen molar-refractivity contribution in [1.82, 2.24) is 19.8 Å². The molecule has 2 saturated heterocycles. The van der Waals surface area contributed by atoms with E-state index in [1.54, 1.807) is 6.20 Å². The minimum Gasteiger partial charge on any atom is -0.476 e. The number of likely N-dealkylation sites (tertiary alicyclic amines) is 1. The van der Waals surface area contributed by atoms with Gasteiger partial charge in [0.25, 0.3) is 0 Å². The number of piperazine rings is 1. The van der Waals surface area contributed by atoms with Crippen LogP contribution in [0.4, 0.5) is 5.82 Å². The summed E-state index contributed by atoms with van der Waals surface area (Å²) in [4.78, 5) is 26.1. The fourth-order valence-electron chi connectivity index (χ4n) is 3.36. The highest BCUT2D eigenvalue weighted by atomic mass is 16.4. The van der Waals surface area contributed by atoms with Crippen molar-refractivity contribution in [2.45, 2.75) is 12.8 Å². The molecule has 23 heavy (non-hydrogen) atoms. The lowest BCUT2D eigenvalue weighted by Crippen LogP contribution is -2.49. The highest BCUT2D eigenvalue weighted by Crippen LogP contribution is 2.19. The van der Waals surface area contributed by atoms with Crippen LogP contribution in [0, 0.1) is 5.92 Å².